The highest BCUT2D eigenvalue weighted by molar-refractivity contribution is 5.96. The van der Waals surface area contributed by atoms with E-state index in [1.54, 1.807) is 18.2 Å². The maximum atomic E-state index is 5.62. The van der Waals surface area contributed by atoms with Gasteiger partial charge in [-0.05, 0) is 12.1 Å². The topological polar surface area (TPSA) is 78.1 Å². The quantitative estimate of drug-likeness (QED) is 0.547. The molecular formula is C7H7N3O. The molecule has 0 saturated heterocycles. The van der Waals surface area contributed by atoms with Crippen LogP contribution < -0.4 is 11.5 Å². The van der Waals surface area contributed by atoms with Crippen molar-refractivity contribution >= 4 is 22.5 Å². The van der Waals surface area contributed by atoms with Crippen LogP contribution in [0.15, 0.2) is 22.7 Å². The van der Waals surface area contributed by atoms with Crippen LogP contribution in [0.5, 0.6) is 0 Å². The van der Waals surface area contributed by atoms with E-state index in [-0.39, 0.29) is 0 Å². The summed E-state index contributed by atoms with van der Waals surface area (Å²) in [5.41, 5.74) is 12.3. The van der Waals surface area contributed by atoms with Crippen LogP contribution in [0, 0.1) is 0 Å². The van der Waals surface area contributed by atoms with Crippen molar-refractivity contribution in [3.8, 4) is 0 Å². The molecule has 2 rings (SSSR count). The number of benzene rings is 1. The molecule has 2 aromatic rings. The lowest BCUT2D eigenvalue weighted by Gasteiger charge is -1.91. The summed E-state index contributed by atoms with van der Waals surface area (Å²) in [7, 11) is 0. The third-order valence-corrected chi connectivity index (χ3v) is 1.56. The van der Waals surface area contributed by atoms with Crippen LogP contribution in [0.4, 0.5) is 11.5 Å². The highest BCUT2D eigenvalue weighted by Gasteiger charge is 2.05. The first-order valence-corrected chi connectivity index (χ1v) is 3.18. The normalized spacial score (nSPS) is 10.5. The van der Waals surface area contributed by atoms with Gasteiger partial charge in [-0.3, -0.25) is 0 Å². The van der Waals surface area contributed by atoms with Crippen molar-refractivity contribution in [2.45, 2.75) is 0 Å². The molecule has 4 N–H and O–H groups in total. The first-order chi connectivity index (χ1) is 5.29. The number of nitrogen functional groups attached to an aromatic ring is 2. The lowest BCUT2D eigenvalue weighted by Crippen LogP contribution is -1.89. The third-order valence-electron chi connectivity index (χ3n) is 1.56. The lowest BCUT2D eigenvalue weighted by molar-refractivity contribution is 0.460. The average molecular weight is 149 g/mol. The second-order valence-corrected chi connectivity index (χ2v) is 2.29. The molecule has 11 heavy (non-hydrogen) atoms. The largest absolute Gasteiger partial charge is 0.398 e. The molecule has 0 aliphatic rings. The van der Waals surface area contributed by atoms with Crippen LogP contribution in [-0.4, -0.2) is 5.16 Å². The average Bonchev–Trinajstić information content (AvgIpc) is 2.34. The van der Waals surface area contributed by atoms with E-state index in [0.29, 0.717) is 22.5 Å². The van der Waals surface area contributed by atoms with E-state index in [2.05, 4.69) is 5.16 Å². The summed E-state index contributed by atoms with van der Waals surface area (Å²) in [6.45, 7) is 0. The Kier molecular flexibility index (Phi) is 1.03. The van der Waals surface area contributed by atoms with Crippen molar-refractivity contribution in [3.63, 3.8) is 0 Å². The number of nitrogens with zero attached hydrogens (tertiary/aromatic N) is 1. The summed E-state index contributed by atoms with van der Waals surface area (Å²) >= 11 is 0. The highest BCUT2D eigenvalue weighted by Crippen LogP contribution is 2.25. The fraction of sp³-hybridized carbons (Fsp3) is 0. The molecule has 1 aromatic carbocycles. The SMILES string of the molecule is Nc1cccc2onc(N)c12. The maximum Gasteiger partial charge on any atom is 0.176 e. The molecule has 0 radical (unpaired) electrons. The zero-order valence-corrected chi connectivity index (χ0v) is 5.74. The van der Waals surface area contributed by atoms with E-state index in [4.69, 9.17) is 16.0 Å². The van der Waals surface area contributed by atoms with E-state index in [9.17, 15) is 0 Å². The zero-order chi connectivity index (χ0) is 7.84. The molecule has 1 heterocycles. The van der Waals surface area contributed by atoms with Crippen molar-refractivity contribution in [1.29, 1.82) is 0 Å². The smallest absolute Gasteiger partial charge is 0.176 e. The van der Waals surface area contributed by atoms with Gasteiger partial charge in [-0.2, -0.15) is 0 Å². The van der Waals surface area contributed by atoms with Gasteiger partial charge in [0.25, 0.3) is 0 Å². The number of aromatic nitrogens is 1. The molecule has 0 amide bonds. The molecule has 1 aromatic heterocycles. The van der Waals surface area contributed by atoms with Crippen LogP contribution in [0.3, 0.4) is 0 Å². The maximum absolute atomic E-state index is 5.62. The van der Waals surface area contributed by atoms with Crippen LogP contribution in [0.2, 0.25) is 0 Å². The van der Waals surface area contributed by atoms with Crippen LogP contribution in [0.25, 0.3) is 11.0 Å². The molecule has 0 spiro atoms. The fourth-order valence-electron chi connectivity index (χ4n) is 1.04. The second-order valence-electron chi connectivity index (χ2n) is 2.29. The Morgan fingerprint density at radius 1 is 1.27 bits per heavy atom. The lowest BCUT2D eigenvalue weighted by atomic mass is 10.2. The van der Waals surface area contributed by atoms with Crippen LogP contribution in [0.1, 0.15) is 0 Å². The van der Waals surface area contributed by atoms with Crippen molar-refractivity contribution in [2.24, 2.45) is 0 Å². The van der Waals surface area contributed by atoms with Gasteiger partial charge < -0.3 is 16.0 Å². The zero-order valence-electron chi connectivity index (χ0n) is 5.74. The molecule has 0 unspecified atom stereocenters. The van der Waals surface area contributed by atoms with Crippen molar-refractivity contribution < 1.29 is 4.52 Å². The molecule has 0 fully saturated rings. The van der Waals surface area contributed by atoms with E-state index >= 15 is 0 Å². The third kappa shape index (κ3) is 0.724. The Labute approximate surface area is 62.8 Å². The Balaban J connectivity index is 2.96. The van der Waals surface area contributed by atoms with Gasteiger partial charge in [-0.15, -0.1) is 0 Å². The molecule has 0 atom stereocenters. The minimum atomic E-state index is 0.345. The summed E-state index contributed by atoms with van der Waals surface area (Å²) in [6, 6.07) is 5.33. The van der Waals surface area contributed by atoms with Gasteiger partial charge in [0.2, 0.25) is 0 Å². The summed E-state index contributed by atoms with van der Waals surface area (Å²) in [5.74, 6) is 0.345. The molecule has 4 nitrogen and oxygen atoms in total. The molecule has 4 heteroatoms. The number of hydrogen-bond acceptors (Lipinski definition) is 4. The first-order valence-electron chi connectivity index (χ1n) is 3.18. The monoisotopic (exact) mass is 149 g/mol. The van der Waals surface area contributed by atoms with E-state index in [1.807, 2.05) is 0 Å². The minimum Gasteiger partial charge on any atom is -0.398 e. The van der Waals surface area contributed by atoms with Gasteiger partial charge in [0, 0.05) is 5.69 Å². The molecule has 0 saturated carbocycles. The second kappa shape index (κ2) is 1.88. The Hall–Kier alpha value is -1.71. The van der Waals surface area contributed by atoms with Gasteiger partial charge in [0.05, 0.1) is 5.39 Å². The summed E-state index contributed by atoms with van der Waals surface area (Å²) in [5, 5.41) is 4.28. The molecule has 0 bridgehead atoms. The molecular weight excluding hydrogens is 142 g/mol. The predicted molar refractivity (Wildman–Crippen MR) is 42.8 cm³/mol. The van der Waals surface area contributed by atoms with Gasteiger partial charge in [-0.1, -0.05) is 11.2 Å². The van der Waals surface area contributed by atoms with Gasteiger partial charge in [0.1, 0.15) is 0 Å². The van der Waals surface area contributed by atoms with Crippen molar-refractivity contribution in [3.05, 3.63) is 18.2 Å². The summed E-state index contributed by atoms with van der Waals surface area (Å²) in [6.07, 6.45) is 0. The van der Waals surface area contributed by atoms with Crippen LogP contribution in [-0.2, 0) is 0 Å². The molecule has 0 aliphatic heterocycles. The minimum absolute atomic E-state index is 0.345. The van der Waals surface area contributed by atoms with Gasteiger partial charge in [0.15, 0.2) is 11.4 Å². The van der Waals surface area contributed by atoms with Crippen molar-refractivity contribution in [2.75, 3.05) is 11.5 Å². The standard InChI is InChI=1S/C7H7N3O/c8-4-2-1-3-5-6(4)7(9)10-11-5/h1-3H,8H2,(H2,9,10). The van der Waals surface area contributed by atoms with E-state index in [0.717, 1.165) is 0 Å². The number of rotatable bonds is 0. The Bertz CT molecular complexity index is 393. The number of fused-ring (bicyclic) bond motifs is 1. The fourth-order valence-corrected chi connectivity index (χ4v) is 1.04. The highest BCUT2D eigenvalue weighted by atomic mass is 16.5. The van der Waals surface area contributed by atoms with E-state index in [1.165, 1.54) is 0 Å². The molecule has 56 valence electrons. The predicted octanol–water partition coefficient (Wildman–Crippen LogP) is 0.992. The number of hydrogen-bond donors (Lipinski definition) is 2. The Morgan fingerprint density at radius 3 is 2.82 bits per heavy atom. The van der Waals surface area contributed by atoms with Crippen LogP contribution >= 0.6 is 0 Å². The van der Waals surface area contributed by atoms with Gasteiger partial charge >= 0.3 is 0 Å². The summed E-state index contributed by atoms with van der Waals surface area (Å²) < 4.78 is 4.87. The summed E-state index contributed by atoms with van der Waals surface area (Å²) in [4.78, 5) is 0. The van der Waals surface area contributed by atoms with Gasteiger partial charge in [-0.25, -0.2) is 0 Å². The number of anilines is 2. The Morgan fingerprint density at radius 2 is 2.09 bits per heavy atom. The number of nitrogens with two attached hydrogens (primary N) is 2. The first kappa shape index (κ1) is 6.03. The van der Waals surface area contributed by atoms with E-state index < -0.39 is 0 Å². The van der Waals surface area contributed by atoms with Crippen molar-refractivity contribution in [1.82, 2.24) is 5.16 Å². The molecule has 0 aliphatic carbocycles.